The van der Waals surface area contributed by atoms with Gasteiger partial charge in [-0.3, -0.25) is 0 Å². The summed E-state index contributed by atoms with van der Waals surface area (Å²) in [6.07, 6.45) is 0. The fourth-order valence-corrected chi connectivity index (χ4v) is 2.04. The van der Waals surface area contributed by atoms with Gasteiger partial charge in [0.05, 0.1) is 5.92 Å². The molecule has 0 aliphatic heterocycles. The Bertz CT molecular complexity index is 689. The zero-order valence-electron chi connectivity index (χ0n) is 11.2. The molecular weight excluding hydrogens is 250 g/mol. The van der Waals surface area contributed by atoms with Crippen molar-refractivity contribution >= 4 is 5.69 Å². The second-order valence-corrected chi connectivity index (χ2v) is 4.71. The van der Waals surface area contributed by atoms with Crippen LogP contribution in [-0.4, -0.2) is 10.1 Å². The molecule has 1 aromatic heterocycles. The van der Waals surface area contributed by atoms with E-state index in [1.807, 2.05) is 42.5 Å². The van der Waals surface area contributed by atoms with Gasteiger partial charge >= 0.3 is 0 Å². The molecule has 2 N–H and O–H groups in total. The first-order valence-corrected chi connectivity index (χ1v) is 6.48. The molecule has 3 rings (SSSR count). The fraction of sp³-hybridized carbons (Fsp3) is 0.125. The van der Waals surface area contributed by atoms with E-state index in [9.17, 15) is 0 Å². The topological polar surface area (TPSA) is 64.9 Å². The summed E-state index contributed by atoms with van der Waals surface area (Å²) in [5.74, 6) is 1.28. The van der Waals surface area contributed by atoms with E-state index in [-0.39, 0.29) is 5.92 Å². The Hall–Kier alpha value is -2.62. The lowest BCUT2D eigenvalue weighted by molar-refractivity contribution is 0.371. The molecule has 0 spiro atoms. The normalized spacial score (nSPS) is 12.2. The number of hydrogen-bond acceptors (Lipinski definition) is 4. The first kappa shape index (κ1) is 12.4. The predicted molar refractivity (Wildman–Crippen MR) is 78.1 cm³/mol. The zero-order chi connectivity index (χ0) is 13.9. The van der Waals surface area contributed by atoms with Gasteiger partial charge in [-0.05, 0) is 36.8 Å². The Morgan fingerprint density at radius 3 is 2.40 bits per heavy atom. The molecule has 0 saturated carbocycles. The molecule has 4 nitrogen and oxygen atoms in total. The summed E-state index contributed by atoms with van der Waals surface area (Å²) in [4.78, 5) is 4.47. The van der Waals surface area contributed by atoms with E-state index >= 15 is 0 Å². The lowest BCUT2D eigenvalue weighted by atomic mass is 10.0. The molecule has 2 aromatic carbocycles. The molecule has 3 aromatic rings. The van der Waals surface area contributed by atoms with E-state index in [0.717, 1.165) is 16.8 Å². The van der Waals surface area contributed by atoms with Crippen LogP contribution < -0.4 is 5.73 Å². The summed E-state index contributed by atoms with van der Waals surface area (Å²) in [6.45, 7) is 2.05. The van der Waals surface area contributed by atoms with Crippen LogP contribution in [-0.2, 0) is 0 Å². The standard InChI is InChI=1S/C16H15N3O/c1-11(12-5-3-2-4-6-12)16-18-15(19-20-16)13-7-9-14(17)10-8-13/h2-11H,17H2,1H3. The van der Waals surface area contributed by atoms with E-state index in [1.165, 1.54) is 0 Å². The molecule has 4 heteroatoms. The van der Waals surface area contributed by atoms with Gasteiger partial charge in [0.2, 0.25) is 11.7 Å². The summed E-state index contributed by atoms with van der Waals surface area (Å²) in [5, 5.41) is 4.04. The molecule has 0 bridgehead atoms. The summed E-state index contributed by atoms with van der Waals surface area (Å²) < 4.78 is 5.37. The second kappa shape index (κ2) is 5.17. The minimum absolute atomic E-state index is 0.0752. The van der Waals surface area contributed by atoms with Crippen molar-refractivity contribution < 1.29 is 4.52 Å². The van der Waals surface area contributed by atoms with Gasteiger partial charge in [-0.25, -0.2) is 0 Å². The first-order valence-electron chi connectivity index (χ1n) is 6.48. The van der Waals surface area contributed by atoms with Crippen LogP contribution in [0.3, 0.4) is 0 Å². The van der Waals surface area contributed by atoms with Gasteiger partial charge in [-0.1, -0.05) is 35.5 Å². The highest BCUT2D eigenvalue weighted by Crippen LogP contribution is 2.25. The van der Waals surface area contributed by atoms with Crippen molar-refractivity contribution in [3.63, 3.8) is 0 Å². The highest BCUT2D eigenvalue weighted by molar-refractivity contribution is 5.58. The Labute approximate surface area is 117 Å². The second-order valence-electron chi connectivity index (χ2n) is 4.71. The first-order chi connectivity index (χ1) is 9.74. The Morgan fingerprint density at radius 2 is 1.70 bits per heavy atom. The maximum Gasteiger partial charge on any atom is 0.234 e. The number of hydrogen-bond donors (Lipinski definition) is 1. The number of rotatable bonds is 3. The van der Waals surface area contributed by atoms with Crippen molar-refractivity contribution in [1.82, 2.24) is 10.1 Å². The van der Waals surface area contributed by atoms with Crippen molar-refractivity contribution in [2.24, 2.45) is 0 Å². The maximum absolute atomic E-state index is 5.67. The average molecular weight is 265 g/mol. The minimum Gasteiger partial charge on any atom is -0.399 e. The number of nitrogens with zero attached hydrogens (tertiary/aromatic N) is 2. The summed E-state index contributed by atoms with van der Waals surface area (Å²) in [7, 11) is 0. The Kier molecular flexibility index (Phi) is 3.21. The third kappa shape index (κ3) is 2.40. The molecule has 0 saturated heterocycles. The summed E-state index contributed by atoms with van der Waals surface area (Å²) in [5.41, 5.74) is 8.44. The molecule has 1 atom stereocenters. The van der Waals surface area contributed by atoms with E-state index in [1.54, 1.807) is 0 Å². The van der Waals surface area contributed by atoms with E-state index < -0.39 is 0 Å². The van der Waals surface area contributed by atoms with Gasteiger partial charge in [0.15, 0.2) is 0 Å². The largest absolute Gasteiger partial charge is 0.399 e. The van der Waals surface area contributed by atoms with Gasteiger partial charge in [-0.2, -0.15) is 4.98 Å². The van der Waals surface area contributed by atoms with Gasteiger partial charge in [0.25, 0.3) is 0 Å². The number of nitrogens with two attached hydrogens (primary N) is 1. The molecular formula is C16H15N3O. The molecule has 0 aliphatic rings. The molecule has 0 aliphatic carbocycles. The zero-order valence-corrected chi connectivity index (χ0v) is 11.2. The number of aromatic nitrogens is 2. The van der Waals surface area contributed by atoms with E-state index in [4.69, 9.17) is 10.3 Å². The van der Waals surface area contributed by atoms with E-state index in [2.05, 4.69) is 29.2 Å². The van der Waals surface area contributed by atoms with Gasteiger partial charge < -0.3 is 10.3 Å². The third-order valence-corrected chi connectivity index (χ3v) is 3.28. The number of nitrogen functional groups attached to an aromatic ring is 1. The smallest absolute Gasteiger partial charge is 0.234 e. The van der Waals surface area contributed by atoms with Crippen LogP contribution in [0, 0.1) is 0 Å². The van der Waals surface area contributed by atoms with Crippen LogP contribution in [0.1, 0.15) is 24.3 Å². The summed E-state index contributed by atoms with van der Waals surface area (Å²) >= 11 is 0. The van der Waals surface area contributed by atoms with Crippen LogP contribution in [0.2, 0.25) is 0 Å². The van der Waals surface area contributed by atoms with Crippen LogP contribution in [0.5, 0.6) is 0 Å². The SMILES string of the molecule is CC(c1ccccc1)c1nc(-c2ccc(N)cc2)no1. The van der Waals surface area contributed by atoms with Gasteiger partial charge in [-0.15, -0.1) is 0 Å². The lowest BCUT2D eigenvalue weighted by Gasteiger charge is -2.05. The van der Waals surface area contributed by atoms with Crippen LogP contribution in [0.4, 0.5) is 5.69 Å². The third-order valence-electron chi connectivity index (χ3n) is 3.28. The Morgan fingerprint density at radius 1 is 1.00 bits per heavy atom. The van der Waals surface area contributed by atoms with Crippen molar-refractivity contribution in [2.45, 2.75) is 12.8 Å². The predicted octanol–water partition coefficient (Wildman–Crippen LogP) is 3.47. The molecule has 1 unspecified atom stereocenters. The van der Waals surface area contributed by atoms with Crippen LogP contribution in [0.15, 0.2) is 59.1 Å². The summed E-state index contributed by atoms with van der Waals surface area (Å²) in [6, 6.07) is 17.5. The van der Waals surface area contributed by atoms with Crippen molar-refractivity contribution in [3.05, 3.63) is 66.1 Å². The van der Waals surface area contributed by atoms with Crippen molar-refractivity contribution in [2.75, 3.05) is 5.73 Å². The Balaban J connectivity index is 1.89. The maximum atomic E-state index is 5.67. The average Bonchev–Trinajstić information content (AvgIpc) is 2.98. The lowest BCUT2D eigenvalue weighted by Crippen LogP contribution is -1.95. The number of anilines is 1. The monoisotopic (exact) mass is 265 g/mol. The quantitative estimate of drug-likeness (QED) is 0.736. The molecule has 100 valence electrons. The van der Waals surface area contributed by atoms with Gasteiger partial charge in [0, 0.05) is 11.3 Å². The molecule has 1 heterocycles. The molecule has 0 amide bonds. The van der Waals surface area contributed by atoms with Crippen LogP contribution >= 0.6 is 0 Å². The number of benzene rings is 2. The van der Waals surface area contributed by atoms with Crippen molar-refractivity contribution in [1.29, 1.82) is 0 Å². The van der Waals surface area contributed by atoms with Crippen molar-refractivity contribution in [3.8, 4) is 11.4 Å². The van der Waals surface area contributed by atoms with E-state index in [0.29, 0.717) is 11.7 Å². The van der Waals surface area contributed by atoms with Gasteiger partial charge in [0.1, 0.15) is 0 Å². The minimum atomic E-state index is 0.0752. The fourth-order valence-electron chi connectivity index (χ4n) is 2.04. The molecule has 20 heavy (non-hydrogen) atoms. The highest BCUT2D eigenvalue weighted by Gasteiger charge is 2.16. The highest BCUT2D eigenvalue weighted by atomic mass is 16.5. The molecule has 0 radical (unpaired) electrons. The van der Waals surface area contributed by atoms with Crippen LogP contribution in [0.25, 0.3) is 11.4 Å². The molecule has 0 fully saturated rings.